The Hall–Kier alpha value is -0.0800. The van der Waals surface area contributed by atoms with E-state index in [4.69, 9.17) is 0 Å². The first-order chi connectivity index (χ1) is 7.74. The van der Waals surface area contributed by atoms with Crippen LogP contribution in [0.4, 0.5) is 0 Å². The molecule has 0 radical (unpaired) electrons. The van der Waals surface area contributed by atoms with Crippen LogP contribution < -0.4 is 10.6 Å². The maximum atomic E-state index is 3.83. The molecular weight excluding hydrogens is 196 g/mol. The molecule has 2 bridgehead atoms. The smallest absolute Gasteiger partial charge is 0.0252 e. The van der Waals surface area contributed by atoms with Gasteiger partial charge in [-0.2, -0.15) is 0 Å². The predicted octanol–water partition coefficient (Wildman–Crippen LogP) is 2.01. The van der Waals surface area contributed by atoms with E-state index in [9.17, 15) is 0 Å². The number of fused-ring (bicyclic) bond motifs is 2. The van der Waals surface area contributed by atoms with Gasteiger partial charge in [0.1, 0.15) is 0 Å². The molecule has 3 aliphatic rings. The van der Waals surface area contributed by atoms with Gasteiger partial charge in [0.15, 0.2) is 0 Å². The van der Waals surface area contributed by atoms with Crippen molar-refractivity contribution in [2.24, 2.45) is 23.7 Å². The van der Waals surface area contributed by atoms with Crippen LogP contribution in [0.1, 0.15) is 39.5 Å². The average molecular weight is 222 g/mol. The molecule has 2 heteroatoms. The fourth-order valence-electron chi connectivity index (χ4n) is 4.40. The Morgan fingerprint density at radius 3 is 2.50 bits per heavy atom. The van der Waals surface area contributed by atoms with Gasteiger partial charge in [0, 0.05) is 12.1 Å². The summed E-state index contributed by atoms with van der Waals surface area (Å²) in [5, 5.41) is 7.64. The van der Waals surface area contributed by atoms with Gasteiger partial charge in [-0.25, -0.2) is 0 Å². The fourth-order valence-corrected chi connectivity index (χ4v) is 4.40. The zero-order valence-corrected chi connectivity index (χ0v) is 10.7. The standard InChI is InChI=1S/C14H26N2/c1-9-5-10(2)13(15-7-9)14-12-4-3-11(6-12)8-16-14/h9-16H,3-8H2,1-2H3. The summed E-state index contributed by atoms with van der Waals surface area (Å²) >= 11 is 0. The SMILES string of the molecule is CC1CNC(C2NCC3CCC2C3)C(C)C1. The summed E-state index contributed by atoms with van der Waals surface area (Å²) in [5.41, 5.74) is 0. The lowest BCUT2D eigenvalue weighted by Crippen LogP contribution is -2.59. The Morgan fingerprint density at radius 1 is 0.875 bits per heavy atom. The van der Waals surface area contributed by atoms with E-state index >= 15 is 0 Å². The van der Waals surface area contributed by atoms with Crippen molar-refractivity contribution in [1.29, 1.82) is 0 Å². The third-order valence-electron chi connectivity index (χ3n) is 5.21. The second-order valence-electron chi connectivity index (χ2n) is 6.63. The molecule has 3 rings (SSSR count). The lowest BCUT2D eigenvalue weighted by molar-refractivity contribution is 0.148. The molecule has 0 spiro atoms. The molecule has 1 saturated carbocycles. The molecule has 2 aliphatic heterocycles. The van der Waals surface area contributed by atoms with E-state index in [-0.39, 0.29) is 0 Å². The molecule has 16 heavy (non-hydrogen) atoms. The number of nitrogens with one attached hydrogen (secondary N) is 2. The van der Waals surface area contributed by atoms with Gasteiger partial charge in [-0.1, -0.05) is 13.8 Å². The molecule has 92 valence electrons. The van der Waals surface area contributed by atoms with Crippen molar-refractivity contribution in [2.45, 2.75) is 51.6 Å². The van der Waals surface area contributed by atoms with Gasteiger partial charge >= 0.3 is 0 Å². The van der Waals surface area contributed by atoms with E-state index in [2.05, 4.69) is 24.5 Å². The number of hydrogen-bond acceptors (Lipinski definition) is 2. The van der Waals surface area contributed by atoms with E-state index in [0.29, 0.717) is 0 Å². The van der Waals surface area contributed by atoms with E-state index in [1.807, 2.05) is 0 Å². The molecule has 3 fully saturated rings. The summed E-state index contributed by atoms with van der Waals surface area (Å²) in [4.78, 5) is 0. The second kappa shape index (κ2) is 4.30. The van der Waals surface area contributed by atoms with Crippen molar-refractivity contribution < 1.29 is 0 Å². The van der Waals surface area contributed by atoms with E-state index in [1.165, 1.54) is 38.8 Å². The lowest BCUT2D eigenvalue weighted by Gasteiger charge is -2.43. The minimum absolute atomic E-state index is 0.736. The van der Waals surface area contributed by atoms with E-state index in [0.717, 1.165) is 35.8 Å². The van der Waals surface area contributed by atoms with Gasteiger partial charge in [0.2, 0.25) is 0 Å². The number of hydrogen-bond donors (Lipinski definition) is 2. The third-order valence-corrected chi connectivity index (χ3v) is 5.21. The highest BCUT2D eigenvalue weighted by atomic mass is 15.1. The highest BCUT2D eigenvalue weighted by Crippen LogP contribution is 2.39. The molecule has 2 N–H and O–H groups in total. The van der Waals surface area contributed by atoms with Gasteiger partial charge in [-0.15, -0.1) is 0 Å². The summed E-state index contributed by atoms with van der Waals surface area (Å²) in [5.74, 6) is 3.68. The van der Waals surface area contributed by atoms with Crippen LogP contribution in [0.5, 0.6) is 0 Å². The molecule has 0 aromatic rings. The molecule has 2 heterocycles. The van der Waals surface area contributed by atoms with Crippen molar-refractivity contribution in [1.82, 2.24) is 10.6 Å². The van der Waals surface area contributed by atoms with E-state index in [1.54, 1.807) is 0 Å². The zero-order valence-electron chi connectivity index (χ0n) is 10.7. The molecule has 6 atom stereocenters. The van der Waals surface area contributed by atoms with Gasteiger partial charge in [-0.05, 0) is 62.4 Å². The molecule has 2 nitrogen and oxygen atoms in total. The first-order valence-electron chi connectivity index (χ1n) is 7.21. The average Bonchev–Trinajstić information content (AvgIpc) is 2.63. The summed E-state index contributed by atoms with van der Waals surface area (Å²) in [6.07, 6.45) is 5.86. The van der Waals surface area contributed by atoms with Crippen LogP contribution in [0.25, 0.3) is 0 Å². The van der Waals surface area contributed by atoms with Gasteiger partial charge in [-0.3, -0.25) is 0 Å². The highest BCUT2D eigenvalue weighted by Gasteiger charge is 2.41. The summed E-state index contributed by atoms with van der Waals surface area (Å²) in [7, 11) is 0. The van der Waals surface area contributed by atoms with Crippen LogP contribution in [0.2, 0.25) is 0 Å². The van der Waals surface area contributed by atoms with Crippen LogP contribution in [0.15, 0.2) is 0 Å². The van der Waals surface area contributed by atoms with Gasteiger partial charge < -0.3 is 10.6 Å². The maximum Gasteiger partial charge on any atom is 0.0252 e. The zero-order chi connectivity index (χ0) is 11.1. The van der Waals surface area contributed by atoms with Gasteiger partial charge in [0.05, 0.1) is 0 Å². The molecule has 2 saturated heterocycles. The molecule has 0 amide bonds. The molecule has 0 aromatic heterocycles. The fraction of sp³-hybridized carbons (Fsp3) is 1.00. The largest absolute Gasteiger partial charge is 0.312 e. The van der Waals surface area contributed by atoms with Gasteiger partial charge in [0.25, 0.3) is 0 Å². The molecular formula is C14H26N2. The Bertz CT molecular complexity index is 253. The normalized spacial score (nSPS) is 52.9. The summed E-state index contributed by atoms with van der Waals surface area (Å²) in [6, 6.07) is 1.50. The molecule has 6 unspecified atom stereocenters. The minimum atomic E-state index is 0.736. The first-order valence-corrected chi connectivity index (χ1v) is 7.21. The lowest BCUT2D eigenvalue weighted by atomic mass is 9.77. The highest BCUT2D eigenvalue weighted by molar-refractivity contribution is 5.00. The summed E-state index contributed by atoms with van der Waals surface area (Å²) in [6.45, 7) is 7.32. The van der Waals surface area contributed by atoms with Crippen LogP contribution in [0.3, 0.4) is 0 Å². The number of rotatable bonds is 1. The van der Waals surface area contributed by atoms with Crippen LogP contribution >= 0.6 is 0 Å². The second-order valence-corrected chi connectivity index (χ2v) is 6.63. The van der Waals surface area contributed by atoms with Crippen molar-refractivity contribution in [3.05, 3.63) is 0 Å². The van der Waals surface area contributed by atoms with Crippen LogP contribution in [-0.4, -0.2) is 25.2 Å². The Kier molecular flexibility index (Phi) is 2.97. The van der Waals surface area contributed by atoms with Crippen molar-refractivity contribution in [2.75, 3.05) is 13.1 Å². The van der Waals surface area contributed by atoms with E-state index < -0.39 is 0 Å². The predicted molar refractivity (Wildman–Crippen MR) is 67.4 cm³/mol. The third kappa shape index (κ3) is 1.91. The maximum absolute atomic E-state index is 3.83. The number of piperidine rings is 2. The Balaban J connectivity index is 1.67. The van der Waals surface area contributed by atoms with Crippen molar-refractivity contribution in [3.63, 3.8) is 0 Å². The Morgan fingerprint density at radius 2 is 1.69 bits per heavy atom. The monoisotopic (exact) mass is 222 g/mol. The first kappa shape index (κ1) is 11.0. The molecule has 1 aliphatic carbocycles. The minimum Gasteiger partial charge on any atom is -0.312 e. The van der Waals surface area contributed by atoms with Crippen LogP contribution in [0, 0.1) is 23.7 Å². The Labute approximate surface area is 99.6 Å². The topological polar surface area (TPSA) is 24.1 Å². The van der Waals surface area contributed by atoms with Crippen LogP contribution in [-0.2, 0) is 0 Å². The molecule has 0 aromatic carbocycles. The van der Waals surface area contributed by atoms with Crippen molar-refractivity contribution in [3.8, 4) is 0 Å². The quantitative estimate of drug-likeness (QED) is 0.709. The van der Waals surface area contributed by atoms with Crippen molar-refractivity contribution >= 4 is 0 Å². The summed E-state index contributed by atoms with van der Waals surface area (Å²) < 4.78 is 0.